The number of carbonyl (C=O) groups is 2. The van der Waals surface area contributed by atoms with Crippen molar-refractivity contribution in [3.8, 4) is 0 Å². The Hall–Kier alpha value is -2.38. The lowest BCUT2D eigenvalue weighted by Crippen LogP contribution is -2.64. The van der Waals surface area contributed by atoms with Crippen LogP contribution in [-0.2, 0) is 10.5 Å². The van der Waals surface area contributed by atoms with Gasteiger partial charge in [-0.3, -0.25) is 9.69 Å². The van der Waals surface area contributed by atoms with Crippen molar-refractivity contribution in [2.24, 2.45) is 11.8 Å². The summed E-state index contributed by atoms with van der Waals surface area (Å²) in [6.45, 7) is 4.32. The minimum atomic E-state index is -2.18. The lowest BCUT2D eigenvalue weighted by molar-refractivity contribution is -0.141. The zero-order valence-electron chi connectivity index (χ0n) is 17.1. The fourth-order valence-corrected chi connectivity index (χ4v) is 4.87. The normalized spacial score (nSPS) is 28.5. The third kappa shape index (κ3) is 3.50. The van der Waals surface area contributed by atoms with Gasteiger partial charge < -0.3 is 15.7 Å². The van der Waals surface area contributed by atoms with E-state index in [1.165, 1.54) is 0 Å². The van der Waals surface area contributed by atoms with Crippen LogP contribution in [0.1, 0.15) is 38.7 Å². The first kappa shape index (κ1) is 20.9. The van der Waals surface area contributed by atoms with Crippen LogP contribution < -0.4 is 15.5 Å². The molecule has 6 nitrogen and oxygen atoms in total. The van der Waals surface area contributed by atoms with Gasteiger partial charge in [0.05, 0.1) is 5.69 Å². The maximum Gasteiger partial charge on any atom is 0.329 e. The van der Waals surface area contributed by atoms with Gasteiger partial charge in [-0.05, 0) is 48.6 Å². The molecule has 30 heavy (non-hydrogen) atoms. The number of rotatable bonds is 3. The first-order valence-electron chi connectivity index (χ1n) is 10.3. The number of hydrogen-bond acceptors (Lipinski definition) is 3. The summed E-state index contributed by atoms with van der Waals surface area (Å²) in [5.41, 5.74) is -1.00. The Labute approximate surface area is 184 Å². The van der Waals surface area contributed by atoms with Crippen molar-refractivity contribution in [1.82, 2.24) is 5.32 Å². The highest BCUT2D eigenvalue weighted by Gasteiger charge is 2.52. The smallest absolute Gasteiger partial charge is 0.329 e. The minimum Gasteiger partial charge on any atom is -0.359 e. The summed E-state index contributed by atoms with van der Waals surface area (Å²) >= 11 is 3.42. The topological polar surface area (TPSA) is 81.7 Å². The molecule has 1 aliphatic carbocycles. The number of aliphatic hydroxyl groups is 1. The minimum absolute atomic E-state index is 0.0523. The summed E-state index contributed by atoms with van der Waals surface area (Å²) in [5.74, 6) is 0.183. The number of halogens is 1. The number of amides is 3. The maximum atomic E-state index is 13.6. The Balaban J connectivity index is 1.80. The number of para-hydroxylation sites is 1. The van der Waals surface area contributed by atoms with Crippen LogP contribution in [0.5, 0.6) is 0 Å². The number of carbonyl (C=O) groups excluding carboxylic acids is 2. The van der Waals surface area contributed by atoms with Crippen LogP contribution in [0.3, 0.4) is 0 Å². The second kappa shape index (κ2) is 8.04. The summed E-state index contributed by atoms with van der Waals surface area (Å²) in [6.07, 6.45) is 3.02. The van der Waals surface area contributed by atoms with Crippen molar-refractivity contribution in [2.75, 3.05) is 10.2 Å². The van der Waals surface area contributed by atoms with Crippen LogP contribution in [0.15, 0.2) is 53.0 Å². The molecule has 1 aliphatic heterocycles. The molecule has 4 atom stereocenters. The number of fused-ring (bicyclic) bond motifs is 1. The van der Waals surface area contributed by atoms with Crippen LogP contribution in [0, 0.1) is 11.8 Å². The van der Waals surface area contributed by atoms with E-state index in [1.807, 2.05) is 6.07 Å². The van der Waals surface area contributed by atoms with Gasteiger partial charge in [0.1, 0.15) is 0 Å². The largest absolute Gasteiger partial charge is 0.359 e. The van der Waals surface area contributed by atoms with Crippen molar-refractivity contribution >= 4 is 39.2 Å². The van der Waals surface area contributed by atoms with Crippen molar-refractivity contribution < 1.29 is 14.7 Å². The predicted molar refractivity (Wildman–Crippen MR) is 120 cm³/mol. The average molecular weight is 472 g/mol. The van der Waals surface area contributed by atoms with Gasteiger partial charge in [0, 0.05) is 21.8 Å². The first-order valence-corrected chi connectivity index (χ1v) is 11.1. The molecule has 0 aromatic heterocycles. The highest BCUT2D eigenvalue weighted by molar-refractivity contribution is 9.10. The zero-order chi connectivity index (χ0) is 21.5. The van der Waals surface area contributed by atoms with E-state index in [2.05, 4.69) is 40.4 Å². The van der Waals surface area contributed by atoms with Gasteiger partial charge in [0.15, 0.2) is 0 Å². The van der Waals surface area contributed by atoms with Gasteiger partial charge >= 0.3 is 6.03 Å². The van der Waals surface area contributed by atoms with Gasteiger partial charge in [-0.15, -0.1) is 0 Å². The fourth-order valence-electron chi connectivity index (χ4n) is 4.51. The molecule has 3 amide bonds. The van der Waals surface area contributed by atoms with Gasteiger partial charge in [0.2, 0.25) is 0 Å². The summed E-state index contributed by atoms with van der Waals surface area (Å²) in [4.78, 5) is 27.8. The van der Waals surface area contributed by atoms with Crippen molar-refractivity contribution in [1.29, 1.82) is 0 Å². The molecule has 0 radical (unpaired) electrons. The Kier molecular flexibility index (Phi) is 5.59. The molecule has 1 heterocycles. The molecule has 0 unspecified atom stereocenters. The number of benzene rings is 2. The Morgan fingerprint density at radius 1 is 1.20 bits per heavy atom. The second-order valence-electron chi connectivity index (χ2n) is 8.31. The lowest BCUT2D eigenvalue weighted by Gasteiger charge is -2.44. The van der Waals surface area contributed by atoms with Gasteiger partial charge in [0.25, 0.3) is 11.6 Å². The van der Waals surface area contributed by atoms with E-state index in [0.717, 1.165) is 24.2 Å². The number of hydrogen-bond donors (Lipinski definition) is 3. The van der Waals surface area contributed by atoms with E-state index in [0.29, 0.717) is 27.3 Å². The molecule has 2 aromatic rings. The maximum absolute atomic E-state index is 13.6. The van der Waals surface area contributed by atoms with E-state index >= 15 is 0 Å². The predicted octanol–water partition coefficient (Wildman–Crippen LogP) is 4.59. The molecule has 158 valence electrons. The number of nitrogens with one attached hydrogen (secondary N) is 2. The first-order chi connectivity index (χ1) is 14.3. The third-order valence-corrected chi connectivity index (χ3v) is 6.97. The van der Waals surface area contributed by atoms with Crippen LogP contribution in [-0.4, -0.2) is 23.1 Å². The van der Waals surface area contributed by atoms with Crippen LogP contribution in [0.2, 0.25) is 0 Å². The van der Waals surface area contributed by atoms with E-state index in [1.54, 1.807) is 42.5 Å². The van der Waals surface area contributed by atoms with E-state index in [9.17, 15) is 14.7 Å². The molecule has 1 fully saturated rings. The molecule has 0 bridgehead atoms. The molecule has 2 aliphatic rings. The van der Waals surface area contributed by atoms with Gasteiger partial charge in [-0.1, -0.05) is 60.8 Å². The standard InChI is InChI=1S/C23H26BrN3O3/c1-14-7-6-10-19(15(14)2)25-21(28)23(30)18-13-16(24)11-12-20(18)26-22(29)27(23)17-8-4-3-5-9-17/h3-5,8-9,11-15,19,30H,6-7,10H2,1-2H3,(H,25,28)(H,26,29)/t14-,15+,19+,23+/m1/s1. The van der Waals surface area contributed by atoms with E-state index < -0.39 is 17.7 Å². The third-order valence-electron chi connectivity index (χ3n) is 6.48. The SMILES string of the molecule is C[C@H]1[C@H](C)CCC[C@@H]1NC(=O)[C@@]1(O)c2cc(Br)ccc2NC(=O)N1c1ccccc1. The Morgan fingerprint density at radius 3 is 2.67 bits per heavy atom. The second-order valence-corrected chi connectivity index (χ2v) is 9.23. The van der Waals surface area contributed by atoms with E-state index in [-0.39, 0.29) is 12.0 Å². The molecule has 4 rings (SSSR count). The molecule has 2 aromatic carbocycles. The zero-order valence-corrected chi connectivity index (χ0v) is 18.6. The summed E-state index contributed by atoms with van der Waals surface area (Å²) in [7, 11) is 0. The molecular formula is C23H26BrN3O3. The van der Waals surface area contributed by atoms with E-state index in [4.69, 9.17) is 0 Å². The molecular weight excluding hydrogens is 446 g/mol. The number of nitrogens with zero attached hydrogens (tertiary/aromatic N) is 1. The lowest BCUT2D eigenvalue weighted by atomic mass is 9.78. The Bertz CT molecular complexity index is 967. The monoisotopic (exact) mass is 471 g/mol. The number of urea groups is 1. The van der Waals surface area contributed by atoms with Crippen molar-refractivity contribution in [3.63, 3.8) is 0 Å². The van der Waals surface area contributed by atoms with Gasteiger partial charge in [-0.25, -0.2) is 4.79 Å². The van der Waals surface area contributed by atoms with Crippen LogP contribution in [0.4, 0.5) is 16.2 Å². The average Bonchev–Trinajstić information content (AvgIpc) is 2.73. The summed E-state index contributed by atoms with van der Waals surface area (Å²) < 4.78 is 0.705. The number of anilines is 2. The molecule has 0 saturated heterocycles. The molecule has 1 saturated carbocycles. The summed E-state index contributed by atoms with van der Waals surface area (Å²) in [5, 5.41) is 17.8. The van der Waals surface area contributed by atoms with Crippen LogP contribution in [0.25, 0.3) is 0 Å². The molecule has 3 N–H and O–H groups in total. The van der Waals surface area contributed by atoms with Gasteiger partial charge in [-0.2, -0.15) is 0 Å². The summed E-state index contributed by atoms with van der Waals surface area (Å²) in [6, 6.07) is 13.3. The highest BCUT2D eigenvalue weighted by Crippen LogP contribution is 2.41. The highest BCUT2D eigenvalue weighted by atomic mass is 79.9. The Morgan fingerprint density at radius 2 is 1.93 bits per heavy atom. The van der Waals surface area contributed by atoms with Crippen molar-refractivity contribution in [2.45, 2.75) is 44.9 Å². The van der Waals surface area contributed by atoms with Crippen molar-refractivity contribution in [3.05, 3.63) is 58.6 Å². The molecule has 0 spiro atoms. The fraction of sp³-hybridized carbons (Fsp3) is 0.391. The van der Waals surface area contributed by atoms with Crippen LogP contribution >= 0.6 is 15.9 Å². The molecule has 7 heteroatoms. The quantitative estimate of drug-likeness (QED) is 0.612.